The van der Waals surface area contributed by atoms with Crippen LogP contribution in [0.25, 0.3) is 22.6 Å². The summed E-state index contributed by atoms with van der Waals surface area (Å²) in [4.78, 5) is 29.4. The second-order valence-electron chi connectivity index (χ2n) is 9.48. The monoisotopic (exact) mass is 529 g/mol. The fraction of sp³-hybridized carbons (Fsp3) is 0.222. The molecule has 0 saturated carbocycles. The molecule has 0 fully saturated rings. The first-order valence-corrected chi connectivity index (χ1v) is 11.7. The Morgan fingerprint density at radius 3 is 2.32 bits per heavy atom. The molecule has 4 aromatic rings. The molecule has 37 heavy (non-hydrogen) atoms. The molecule has 2 amide bonds. The summed E-state index contributed by atoms with van der Waals surface area (Å²) in [5.41, 5.74) is 1.24. The molecule has 0 radical (unpaired) electrons. The van der Waals surface area contributed by atoms with Gasteiger partial charge in [0.25, 0.3) is 5.91 Å². The standard InChI is InChI=1S/C27H23ClF3N3O3/c1-26(2,3)25(36)32-14-15-4-10-20(28)19(12-15)23(35)33-18-9-11-21-22(13-18)37-24(34-21)16-5-7-17(8-6-16)27(29,30)31/h4-13H,14H2,1-3H3,(H,32,36)(H,33,35). The molecule has 2 N–H and O–H groups in total. The van der Waals surface area contributed by atoms with Gasteiger partial charge < -0.3 is 15.1 Å². The molecule has 0 aliphatic rings. The molecular formula is C27H23ClF3N3O3. The van der Waals surface area contributed by atoms with E-state index in [-0.39, 0.29) is 28.9 Å². The molecule has 0 aliphatic carbocycles. The Hall–Kier alpha value is -3.85. The number of aromatic nitrogens is 1. The van der Waals surface area contributed by atoms with Gasteiger partial charge in [-0.3, -0.25) is 9.59 Å². The van der Waals surface area contributed by atoms with Crippen molar-refractivity contribution in [2.24, 2.45) is 5.41 Å². The Labute approximate surface area is 215 Å². The van der Waals surface area contributed by atoms with Gasteiger partial charge in [-0.25, -0.2) is 4.98 Å². The Morgan fingerprint density at radius 2 is 1.68 bits per heavy atom. The van der Waals surface area contributed by atoms with E-state index in [9.17, 15) is 22.8 Å². The normalized spacial score (nSPS) is 12.0. The van der Waals surface area contributed by atoms with Crippen molar-refractivity contribution in [3.05, 3.63) is 82.4 Å². The van der Waals surface area contributed by atoms with E-state index in [1.165, 1.54) is 12.1 Å². The van der Waals surface area contributed by atoms with Crippen LogP contribution >= 0.6 is 11.6 Å². The lowest BCUT2D eigenvalue weighted by molar-refractivity contribution is -0.137. The number of rotatable bonds is 5. The van der Waals surface area contributed by atoms with E-state index in [1.807, 2.05) is 0 Å². The topological polar surface area (TPSA) is 84.2 Å². The zero-order chi connectivity index (χ0) is 27.0. The lowest BCUT2D eigenvalue weighted by Gasteiger charge is -2.18. The summed E-state index contributed by atoms with van der Waals surface area (Å²) in [6, 6.07) is 14.2. The van der Waals surface area contributed by atoms with Crippen LogP contribution in [0.5, 0.6) is 0 Å². The molecule has 3 aromatic carbocycles. The highest BCUT2D eigenvalue weighted by Crippen LogP contribution is 2.32. The Balaban J connectivity index is 1.50. The molecule has 0 unspecified atom stereocenters. The number of anilines is 1. The molecule has 1 heterocycles. The fourth-order valence-corrected chi connectivity index (χ4v) is 3.63. The Kier molecular flexibility index (Phi) is 7.01. The first kappa shape index (κ1) is 26.2. The zero-order valence-corrected chi connectivity index (χ0v) is 20.9. The van der Waals surface area contributed by atoms with Crippen molar-refractivity contribution in [3.63, 3.8) is 0 Å². The van der Waals surface area contributed by atoms with Crippen molar-refractivity contribution in [1.29, 1.82) is 0 Å². The quantitative estimate of drug-likeness (QED) is 0.289. The first-order chi connectivity index (χ1) is 17.3. The molecule has 6 nitrogen and oxygen atoms in total. The van der Waals surface area contributed by atoms with E-state index in [0.717, 1.165) is 12.1 Å². The number of carbonyl (C=O) groups excluding carboxylic acids is 2. The van der Waals surface area contributed by atoms with E-state index in [0.29, 0.717) is 27.9 Å². The second-order valence-corrected chi connectivity index (χ2v) is 9.88. The molecule has 0 spiro atoms. The largest absolute Gasteiger partial charge is 0.436 e. The van der Waals surface area contributed by atoms with Crippen LogP contribution in [-0.2, 0) is 17.5 Å². The number of carbonyl (C=O) groups is 2. The van der Waals surface area contributed by atoms with Crippen molar-refractivity contribution >= 4 is 40.2 Å². The van der Waals surface area contributed by atoms with Gasteiger partial charge in [0.05, 0.1) is 16.1 Å². The Morgan fingerprint density at radius 1 is 0.973 bits per heavy atom. The number of hydrogen-bond donors (Lipinski definition) is 2. The Bertz CT molecular complexity index is 1470. The summed E-state index contributed by atoms with van der Waals surface area (Å²) < 4.78 is 44.2. The molecule has 0 bridgehead atoms. The van der Waals surface area contributed by atoms with E-state index in [1.54, 1.807) is 57.2 Å². The fourth-order valence-electron chi connectivity index (χ4n) is 3.43. The minimum Gasteiger partial charge on any atom is -0.436 e. The number of nitrogens with zero attached hydrogens (tertiary/aromatic N) is 1. The maximum atomic E-state index is 12.9. The highest BCUT2D eigenvalue weighted by atomic mass is 35.5. The van der Waals surface area contributed by atoms with Crippen molar-refractivity contribution in [2.45, 2.75) is 33.5 Å². The van der Waals surface area contributed by atoms with Gasteiger partial charge in [-0.1, -0.05) is 38.4 Å². The second kappa shape index (κ2) is 9.89. The lowest BCUT2D eigenvalue weighted by atomic mass is 9.95. The minimum atomic E-state index is -4.43. The molecule has 4 rings (SSSR count). The van der Waals surface area contributed by atoms with Crippen molar-refractivity contribution < 1.29 is 27.2 Å². The number of oxazole rings is 1. The van der Waals surface area contributed by atoms with Gasteiger partial charge in [0, 0.05) is 29.3 Å². The van der Waals surface area contributed by atoms with Gasteiger partial charge in [0.2, 0.25) is 11.8 Å². The summed E-state index contributed by atoms with van der Waals surface area (Å²) in [6.45, 7) is 5.66. The minimum absolute atomic E-state index is 0.121. The maximum absolute atomic E-state index is 12.9. The predicted molar refractivity (Wildman–Crippen MR) is 135 cm³/mol. The van der Waals surface area contributed by atoms with Gasteiger partial charge in [0.15, 0.2) is 5.58 Å². The zero-order valence-electron chi connectivity index (χ0n) is 20.2. The van der Waals surface area contributed by atoms with E-state index < -0.39 is 23.1 Å². The number of fused-ring (bicyclic) bond motifs is 1. The van der Waals surface area contributed by atoms with Crippen molar-refractivity contribution in [1.82, 2.24) is 10.3 Å². The summed E-state index contributed by atoms with van der Waals surface area (Å²) in [7, 11) is 0. The maximum Gasteiger partial charge on any atom is 0.416 e. The number of hydrogen-bond acceptors (Lipinski definition) is 4. The van der Waals surface area contributed by atoms with Crippen molar-refractivity contribution in [2.75, 3.05) is 5.32 Å². The van der Waals surface area contributed by atoms with Crippen molar-refractivity contribution in [3.8, 4) is 11.5 Å². The summed E-state index contributed by atoms with van der Waals surface area (Å²) in [5.74, 6) is -0.430. The summed E-state index contributed by atoms with van der Waals surface area (Å²) in [5, 5.41) is 5.83. The number of nitrogens with one attached hydrogen (secondary N) is 2. The highest BCUT2D eigenvalue weighted by molar-refractivity contribution is 6.34. The van der Waals surface area contributed by atoms with Crippen LogP contribution in [0.15, 0.2) is 65.1 Å². The van der Waals surface area contributed by atoms with Crippen LogP contribution in [0.4, 0.5) is 18.9 Å². The van der Waals surface area contributed by atoms with Crippen LogP contribution < -0.4 is 10.6 Å². The van der Waals surface area contributed by atoms with Crippen LogP contribution in [0.2, 0.25) is 5.02 Å². The SMILES string of the molecule is CC(C)(C)C(=O)NCc1ccc(Cl)c(C(=O)Nc2ccc3nc(-c4ccc(C(F)(F)F)cc4)oc3c2)c1. The van der Waals surface area contributed by atoms with Gasteiger partial charge in [0.1, 0.15) is 5.52 Å². The number of halogens is 4. The average Bonchev–Trinajstić information content (AvgIpc) is 3.25. The third-order valence-corrected chi connectivity index (χ3v) is 5.84. The molecule has 0 saturated heterocycles. The molecule has 0 atom stereocenters. The predicted octanol–water partition coefficient (Wildman–Crippen LogP) is 7.08. The lowest BCUT2D eigenvalue weighted by Crippen LogP contribution is -2.34. The van der Waals surface area contributed by atoms with Crippen LogP contribution in [0.1, 0.15) is 42.3 Å². The third kappa shape index (κ3) is 6.11. The van der Waals surface area contributed by atoms with E-state index in [2.05, 4.69) is 15.6 Å². The highest BCUT2D eigenvalue weighted by Gasteiger charge is 2.30. The van der Waals surface area contributed by atoms with Crippen LogP contribution in [-0.4, -0.2) is 16.8 Å². The van der Waals surface area contributed by atoms with Gasteiger partial charge >= 0.3 is 6.18 Å². The van der Waals surface area contributed by atoms with E-state index in [4.69, 9.17) is 16.0 Å². The van der Waals surface area contributed by atoms with Gasteiger partial charge in [-0.2, -0.15) is 13.2 Å². The number of amides is 2. The van der Waals surface area contributed by atoms with Gasteiger partial charge in [-0.15, -0.1) is 0 Å². The molecule has 10 heteroatoms. The molecule has 1 aromatic heterocycles. The summed E-state index contributed by atoms with van der Waals surface area (Å²) in [6.07, 6.45) is -4.43. The summed E-state index contributed by atoms with van der Waals surface area (Å²) >= 11 is 6.25. The number of alkyl halides is 3. The molecule has 192 valence electrons. The number of benzene rings is 3. The van der Waals surface area contributed by atoms with Crippen LogP contribution in [0.3, 0.4) is 0 Å². The van der Waals surface area contributed by atoms with E-state index >= 15 is 0 Å². The molecular weight excluding hydrogens is 507 g/mol. The molecule has 0 aliphatic heterocycles. The third-order valence-electron chi connectivity index (χ3n) is 5.52. The van der Waals surface area contributed by atoms with Crippen LogP contribution in [0, 0.1) is 5.41 Å². The van der Waals surface area contributed by atoms with Gasteiger partial charge in [-0.05, 0) is 54.1 Å². The smallest absolute Gasteiger partial charge is 0.416 e. The average molecular weight is 530 g/mol. The first-order valence-electron chi connectivity index (χ1n) is 11.3.